The summed E-state index contributed by atoms with van der Waals surface area (Å²) in [5, 5.41) is 9.29. The standard InChI is InChI=1S/C24H36BrNO4S/c1-4-5-6-7-8-9-10-11-12-13-23(30)31-17-21(27)26(16-22(28)29)24-18(2)14-15-20(25)19(24)3/h14-15H,4-13,16-17H2,1-3H3,(H,28,29). The molecule has 5 nitrogen and oxygen atoms in total. The average molecular weight is 515 g/mol. The Labute approximate surface area is 199 Å². The fraction of sp³-hybridized carbons (Fsp3) is 0.625. The molecule has 0 atom stereocenters. The molecule has 1 aromatic rings. The van der Waals surface area contributed by atoms with Gasteiger partial charge in [0.05, 0.1) is 11.4 Å². The van der Waals surface area contributed by atoms with Crippen molar-refractivity contribution in [2.24, 2.45) is 0 Å². The number of carbonyl (C=O) groups is 3. The van der Waals surface area contributed by atoms with Crippen molar-refractivity contribution in [1.29, 1.82) is 0 Å². The smallest absolute Gasteiger partial charge is 0.323 e. The highest BCUT2D eigenvalue weighted by atomic mass is 79.9. The van der Waals surface area contributed by atoms with Crippen LogP contribution in [0.2, 0.25) is 0 Å². The molecule has 0 aliphatic heterocycles. The van der Waals surface area contributed by atoms with Crippen molar-refractivity contribution in [1.82, 2.24) is 0 Å². The lowest BCUT2D eigenvalue weighted by molar-refractivity contribution is -0.136. The fourth-order valence-electron chi connectivity index (χ4n) is 3.53. The first-order valence-corrected chi connectivity index (χ1v) is 13.0. The van der Waals surface area contributed by atoms with Crippen LogP contribution in [-0.4, -0.2) is 34.4 Å². The lowest BCUT2D eigenvalue weighted by Crippen LogP contribution is -2.38. The number of anilines is 1. The summed E-state index contributed by atoms with van der Waals surface area (Å²) in [4.78, 5) is 37.6. The number of nitrogens with zero attached hydrogens (tertiary/aromatic N) is 1. The Morgan fingerprint density at radius 1 is 0.968 bits per heavy atom. The van der Waals surface area contributed by atoms with Gasteiger partial charge in [0.25, 0.3) is 0 Å². The average Bonchev–Trinajstić information content (AvgIpc) is 2.72. The monoisotopic (exact) mass is 513 g/mol. The molecule has 1 amide bonds. The number of aliphatic carboxylic acids is 1. The molecule has 0 saturated carbocycles. The Kier molecular flexibility index (Phi) is 13.8. The number of benzene rings is 1. The second-order valence-corrected chi connectivity index (χ2v) is 9.84. The molecule has 174 valence electrons. The molecule has 0 fully saturated rings. The number of carboxylic acid groups (broad SMARTS) is 1. The van der Waals surface area contributed by atoms with Gasteiger partial charge < -0.3 is 5.11 Å². The normalized spacial score (nSPS) is 10.8. The summed E-state index contributed by atoms with van der Waals surface area (Å²) in [6.07, 6.45) is 11.2. The van der Waals surface area contributed by atoms with E-state index in [4.69, 9.17) is 0 Å². The summed E-state index contributed by atoms with van der Waals surface area (Å²) in [7, 11) is 0. The van der Waals surface area contributed by atoms with Crippen LogP contribution in [0.4, 0.5) is 5.69 Å². The lowest BCUT2D eigenvalue weighted by Gasteiger charge is -2.25. The first-order valence-electron chi connectivity index (χ1n) is 11.2. The van der Waals surface area contributed by atoms with Crippen LogP contribution in [0.25, 0.3) is 0 Å². The van der Waals surface area contributed by atoms with Gasteiger partial charge in [-0.2, -0.15) is 0 Å². The van der Waals surface area contributed by atoms with Crippen LogP contribution in [-0.2, 0) is 14.4 Å². The second kappa shape index (κ2) is 15.5. The highest BCUT2D eigenvalue weighted by Crippen LogP contribution is 2.31. The van der Waals surface area contributed by atoms with E-state index >= 15 is 0 Å². The van der Waals surface area contributed by atoms with Gasteiger partial charge in [-0.25, -0.2) is 0 Å². The Morgan fingerprint density at radius 2 is 1.55 bits per heavy atom. The first-order chi connectivity index (χ1) is 14.8. The van der Waals surface area contributed by atoms with Gasteiger partial charge in [0.15, 0.2) is 5.12 Å². The summed E-state index contributed by atoms with van der Waals surface area (Å²) in [6.45, 7) is 5.48. The van der Waals surface area contributed by atoms with Crippen molar-refractivity contribution in [3.05, 3.63) is 27.7 Å². The van der Waals surface area contributed by atoms with Crippen LogP contribution >= 0.6 is 27.7 Å². The van der Waals surface area contributed by atoms with Crippen LogP contribution in [0.1, 0.15) is 82.3 Å². The molecule has 0 spiro atoms. The van der Waals surface area contributed by atoms with E-state index in [1.807, 2.05) is 26.0 Å². The van der Waals surface area contributed by atoms with Gasteiger partial charge in [0.2, 0.25) is 5.91 Å². The molecule has 0 aliphatic carbocycles. The number of hydrogen-bond donors (Lipinski definition) is 1. The first kappa shape index (κ1) is 27.7. The van der Waals surface area contributed by atoms with E-state index in [-0.39, 0.29) is 16.8 Å². The van der Waals surface area contributed by atoms with E-state index in [0.29, 0.717) is 12.1 Å². The summed E-state index contributed by atoms with van der Waals surface area (Å²) < 4.78 is 0.811. The van der Waals surface area contributed by atoms with Gasteiger partial charge in [-0.15, -0.1) is 0 Å². The molecule has 31 heavy (non-hydrogen) atoms. The van der Waals surface area contributed by atoms with Gasteiger partial charge >= 0.3 is 5.97 Å². The highest BCUT2D eigenvalue weighted by Gasteiger charge is 2.23. The zero-order valence-corrected chi connectivity index (χ0v) is 21.4. The molecule has 0 bridgehead atoms. The van der Waals surface area contributed by atoms with Crippen LogP contribution < -0.4 is 4.90 Å². The number of amides is 1. The number of aryl methyl sites for hydroxylation is 1. The summed E-state index contributed by atoms with van der Waals surface area (Å²) >= 11 is 4.44. The molecule has 0 radical (unpaired) electrons. The summed E-state index contributed by atoms with van der Waals surface area (Å²) in [5.74, 6) is -1.50. The van der Waals surface area contributed by atoms with E-state index in [1.165, 1.54) is 43.4 Å². The van der Waals surface area contributed by atoms with Gasteiger partial charge in [0, 0.05) is 10.9 Å². The SMILES string of the molecule is CCCCCCCCCCCC(=O)SCC(=O)N(CC(=O)O)c1c(C)ccc(Br)c1C. The third-order valence-electron chi connectivity index (χ3n) is 5.27. The molecule has 0 aromatic heterocycles. The largest absolute Gasteiger partial charge is 0.480 e. The number of halogens is 1. The highest BCUT2D eigenvalue weighted by molar-refractivity contribution is 9.10. The minimum atomic E-state index is -1.09. The molecule has 1 rings (SSSR count). The van der Waals surface area contributed by atoms with Crippen molar-refractivity contribution in [2.45, 2.75) is 85.0 Å². The summed E-state index contributed by atoms with van der Waals surface area (Å²) in [6, 6.07) is 3.72. The topological polar surface area (TPSA) is 74.7 Å². The van der Waals surface area contributed by atoms with Crippen molar-refractivity contribution < 1.29 is 19.5 Å². The number of carbonyl (C=O) groups excluding carboxylic acids is 2. The third-order valence-corrected chi connectivity index (χ3v) is 7.05. The quantitative estimate of drug-likeness (QED) is 0.265. The van der Waals surface area contributed by atoms with E-state index in [0.717, 1.165) is 46.6 Å². The lowest BCUT2D eigenvalue weighted by atomic mass is 10.1. The van der Waals surface area contributed by atoms with Gasteiger partial charge in [-0.05, 0) is 37.5 Å². The van der Waals surface area contributed by atoms with E-state index in [1.54, 1.807) is 0 Å². The van der Waals surface area contributed by atoms with Crippen molar-refractivity contribution >= 4 is 50.4 Å². The number of rotatable bonds is 15. The Bertz CT molecular complexity index is 739. The number of thioether (sulfide) groups is 1. The van der Waals surface area contributed by atoms with Crippen molar-refractivity contribution in [2.75, 3.05) is 17.2 Å². The van der Waals surface area contributed by atoms with Crippen LogP contribution in [0.5, 0.6) is 0 Å². The van der Waals surface area contributed by atoms with Gasteiger partial charge in [-0.3, -0.25) is 19.3 Å². The number of hydrogen-bond acceptors (Lipinski definition) is 4. The molecule has 0 saturated heterocycles. The minimum absolute atomic E-state index is 0.00532. The Balaban J connectivity index is 2.46. The maximum absolute atomic E-state index is 12.8. The fourth-order valence-corrected chi connectivity index (χ4v) is 4.57. The predicted octanol–water partition coefficient (Wildman–Crippen LogP) is 6.66. The van der Waals surface area contributed by atoms with E-state index < -0.39 is 12.5 Å². The van der Waals surface area contributed by atoms with E-state index in [9.17, 15) is 19.5 Å². The Morgan fingerprint density at radius 3 is 2.13 bits per heavy atom. The van der Waals surface area contributed by atoms with Crippen LogP contribution in [0.3, 0.4) is 0 Å². The zero-order chi connectivity index (χ0) is 23.2. The minimum Gasteiger partial charge on any atom is -0.480 e. The predicted molar refractivity (Wildman–Crippen MR) is 133 cm³/mol. The maximum Gasteiger partial charge on any atom is 0.323 e. The molecule has 0 unspecified atom stereocenters. The molecule has 1 N–H and O–H groups in total. The zero-order valence-electron chi connectivity index (χ0n) is 19.0. The second-order valence-electron chi connectivity index (χ2n) is 7.95. The summed E-state index contributed by atoms with van der Waals surface area (Å²) in [5.41, 5.74) is 2.22. The molecular weight excluding hydrogens is 478 g/mol. The van der Waals surface area contributed by atoms with Crippen molar-refractivity contribution in [3.8, 4) is 0 Å². The van der Waals surface area contributed by atoms with Crippen LogP contribution in [0, 0.1) is 13.8 Å². The van der Waals surface area contributed by atoms with Crippen molar-refractivity contribution in [3.63, 3.8) is 0 Å². The molecule has 7 heteroatoms. The van der Waals surface area contributed by atoms with Gasteiger partial charge in [-0.1, -0.05) is 92.0 Å². The molecule has 0 aliphatic rings. The number of carboxylic acids is 1. The Hall–Kier alpha value is -1.34. The molecular formula is C24H36BrNO4S. The third kappa shape index (κ3) is 10.7. The molecule has 1 aromatic carbocycles. The van der Waals surface area contributed by atoms with Crippen LogP contribution in [0.15, 0.2) is 16.6 Å². The van der Waals surface area contributed by atoms with Gasteiger partial charge in [0.1, 0.15) is 6.54 Å². The maximum atomic E-state index is 12.8. The number of unbranched alkanes of at least 4 members (excludes halogenated alkanes) is 8. The van der Waals surface area contributed by atoms with E-state index in [2.05, 4.69) is 22.9 Å². The molecule has 0 heterocycles.